The number of nitrogens with one attached hydrogen (secondary N) is 1. The lowest BCUT2D eigenvalue weighted by molar-refractivity contribution is -0.123. The van der Waals surface area contributed by atoms with Gasteiger partial charge in [0.25, 0.3) is 5.91 Å². The molecule has 28 heavy (non-hydrogen) atoms. The summed E-state index contributed by atoms with van der Waals surface area (Å²) >= 11 is 1.12. The number of fused-ring (bicyclic) bond motifs is 2. The fraction of sp³-hybridized carbons (Fsp3) is 0.200. The van der Waals surface area contributed by atoms with E-state index in [0.29, 0.717) is 40.5 Å². The van der Waals surface area contributed by atoms with E-state index in [1.165, 1.54) is 19.1 Å². The lowest BCUT2D eigenvalue weighted by atomic mass is 10.2. The average molecular weight is 401 g/mol. The van der Waals surface area contributed by atoms with Gasteiger partial charge in [0.15, 0.2) is 17.6 Å². The molecular weight excluding hydrogens is 385 g/mol. The van der Waals surface area contributed by atoms with Gasteiger partial charge in [0, 0.05) is 21.8 Å². The normalized spacial score (nSPS) is 13.8. The predicted octanol–water partition coefficient (Wildman–Crippen LogP) is 4.00. The summed E-state index contributed by atoms with van der Waals surface area (Å²) in [7, 11) is 0. The van der Waals surface area contributed by atoms with Gasteiger partial charge in [0.05, 0.1) is 0 Å². The van der Waals surface area contributed by atoms with Gasteiger partial charge in [-0.05, 0) is 37.3 Å². The largest absolute Gasteiger partial charge is 0.486 e. The second-order valence-electron chi connectivity index (χ2n) is 6.16. The third-order valence-corrected chi connectivity index (χ3v) is 5.25. The lowest BCUT2D eigenvalue weighted by Gasteiger charge is -2.19. The highest BCUT2D eigenvalue weighted by Gasteiger charge is 2.22. The van der Waals surface area contributed by atoms with Crippen molar-refractivity contribution in [1.29, 1.82) is 0 Å². The first-order valence-electron chi connectivity index (χ1n) is 8.61. The Morgan fingerprint density at radius 1 is 1.14 bits per heavy atom. The molecule has 1 aliphatic rings. The highest BCUT2D eigenvalue weighted by atomic mass is 32.1. The molecule has 1 N–H and O–H groups in total. The molecule has 1 aliphatic heterocycles. The summed E-state index contributed by atoms with van der Waals surface area (Å²) in [5.74, 6) is -0.415. The Bertz CT molecular complexity index is 1060. The molecule has 2 aromatic carbocycles. The van der Waals surface area contributed by atoms with Crippen LogP contribution in [0.25, 0.3) is 10.1 Å². The molecule has 1 amide bonds. The summed E-state index contributed by atoms with van der Waals surface area (Å²) in [6.07, 6.45) is -1.03. The van der Waals surface area contributed by atoms with E-state index in [4.69, 9.17) is 14.2 Å². The molecule has 0 saturated heterocycles. The van der Waals surface area contributed by atoms with Crippen LogP contribution in [0, 0.1) is 5.82 Å². The van der Waals surface area contributed by atoms with Gasteiger partial charge >= 0.3 is 5.97 Å². The first-order chi connectivity index (χ1) is 13.5. The van der Waals surface area contributed by atoms with Gasteiger partial charge in [-0.3, -0.25) is 4.79 Å². The third-order valence-electron chi connectivity index (χ3n) is 4.17. The Kier molecular flexibility index (Phi) is 4.87. The SMILES string of the molecule is CC(OC(=O)c1cc2c(F)cccc2s1)C(=O)Nc1ccc2c(c1)OCCO2. The highest BCUT2D eigenvalue weighted by Crippen LogP contribution is 2.33. The maximum Gasteiger partial charge on any atom is 0.349 e. The number of carbonyl (C=O) groups is 2. The Morgan fingerprint density at radius 3 is 2.71 bits per heavy atom. The molecule has 1 aromatic heterocycles. The van der Waals surface area contributed by atoms with E-state index in [0.717, 1.165) is 11.3 Å². The van der Waals surface area contributed by atoms with Crippen molar-refractivity contribution in [3.05, 3.63) is 53.2 Å². The van der Waals surface area contributed by atoms with Crippen LogP contribution in [0.4, 0.5) is 10.1 Å². The zero-order valence-corrected chi connectivity index (χ0v) is 15.7. The zero-order chi connectivity index (χ0) is 19.7. The van der Waals surface area contributed by atoms with Crippen LogP contribution >= 0.6 is 11.3 Å². The van der Waals surface area contributed by atoms with Gasteiger partial charge in [-0.1, -0.05) is 6.07 Å². The van der Waals surface area contributed by atoms with Gasteiger partial charge in [-0.15, -0.1) is 11.3 Å². The third kappa shape index (κ3) is 3.63. The quantitative estimate of drug-likeness (QED) is 0.669. The molecule has 0 bridgehead atoms. The van der Waals surface area contributed by atoms with E-state index in [9.17, 15) is 14.0 Å². The van der Waals surface area contributed by atoms with Crippen LogP contribution in [0.3, 0.4) is 0 Å². The molecule has 0 spiro atoms. The van der Waals surface area contributed by atoms with Crippen LogP contribution in [0.1, 0.15) is 16.6 Å². The smallest absolute Gasteiger partial charge is 0.349 e. The Morgan fingerprint density at radius 2 is 1.93 bits per heavy atom. The molecule has 0 fully saturated rings. The number of esters is 1. The topological polar surface area (TPSA) is 73.9 Å². The molecule has 1 unspecified atom stereocenters. The summed E-state index contributed by atoms with van der Waals surface area (Å²) in [6.45, 7) is 2.39. The number of anilines is 1. The maximum absolute atomic E-state index is 13.8. The Balaban J connectivity index is 1.42. The first-order valence-corrected chi connectivity index (χ1v) is 9.42. The molecule has 144 valence electrons. The average Bonchev–Trinajstić information content (AvgIpc) is 3.14. The molecular formula is C20H16FNO5S. The van der Waals surface area contributed by atoms with E-state index in [1.807, 2.05) is 0 Å². The molecule has 0 aliphatic carbocycles. The molecule has 6 nitrogen and oxygen atoms in total. The van der Waals surface area contributed by atoms with Gasteiger partial charge < -0.3 is 19.5 Å². The second kappa shape index (κ2) is 7.47. The summed E-state index contributed by atoms with van der Waals surface area (Å²) < 4.78 is 30.6. The summed E-state index contributed by atoms with van der Waals surface area (Å²) in [6, 6.07) is 11.1. The van der Waals surface area contributed by atoms with Crippen molar-refractivity contribution >= 4 is 39.0 Å². The van der Waals surface area contributed by atoms with Crippen LogP contribution in [0.5, 0.6) is 11.5 Å². The van der Waals surface area contributed by atoms with Crippen molar-refractivity contribution in [1.82, 2.24) is 0 Å². The van der Waals surface area contributed by atoms with Gasteiger partial charge in [0.2, 0.25) is 0 Å². The molecule has 1 atom stereocenters. The second-order valence-corrected chi connectivity index (χ2v) is 7.24. The van der Waals surface area contributed by atoms with Crippen molar-refractivity contribution in [2.75, 3.05) is 18.5 Å². The minimum atomic E-state index is -1.03. The van der Waals surface area contributed by atoms with Crippen LogP contribution in [0.2, 0.25) is 0 Å². The van der Waals surface area contributed by atoms with E-state index >= 15 is 0 Å². The van der Waals surface area contributed by atoms with Crippen molar-refractivity contribution in [2.24, 2.45) is 0 Å². The Labute approximate surface area is 163 Å². The van der Waals surface area contributed by atoms with E-state index in [-0.39, 0.29) is 4.88 Å². The zero-order valence-electron chi connectivity index (χ0n) is 14.9. The number of ether oxygens (including phenoxy) is 3. The fourth-order valence-corrected chi connectivity index (χ4v) is 3.72. The van der Waals surface area contributed by atoms with Crippen molar-refractivity contribution < 1.29 is 28.2 Å². The van der Waals surface area contributed by atoms with Crippen molar-refractivity contribution in [3.63, 3.8) is 0 Å². The lowest BCUT2D eigenvalue weighted by Crippen LogP contribution is -2.29. The maximum atomic E-state index is 13.8. The number of carbonyl (C=O) groups excluding carboxylic acids is 2. The molecule has 2 heterocycles. The van der Waals surface area contributed by atoms with Crippen LogP contribution in [-0.4, -0.2) is 31.2 Å². The molecule has 3 aromatic rings. The number of benzene rings is 2. The standard InChI is InChI=1S/C20H16FNO5S/c1-11(19(23)22-12-5-6-15-16(9-12)26-8-7-25-15)27-20(24)18-10-13-14(21)3-2-4-17(13)28-18/h2-6,9-11H,7-8H2,1H3,(H,22,23). The fourth-order valence-electron chi connectivity index (χ4n) is 2.76. The molecule has 0 radical (unpaired) electrons. The summed E-state index contributed by atoms with van der Waals surface area (Å²) in [5.41, 5.74) is 0.501. The van der Waals surface area contributed by atoms with Crippen molar-refractivity contribution in [3.8, 4) is 11.5 Å². The number of halogens is 1. The molecule has 4 rings (SSSR count). The Hall–Kier alpha value is -3.13. The van der Waals surface area contributed by atoms with Gasteiger partial charge in [-0.2, -0.15) is 0 Å². The van der Waals surface area contributed by atoms with Gasteiger partial charge in [0.1, 0.15) is 23.9 Å². The van der Waals surface area contributed by atoms with Crippen LogP contribution in [0.15, 0.2) is 42.5 Å². The number of thiophene rings is 1. The number of rotatable bonds is 4. The number of hydrogen-bond acceptors (Lipinski definition) is 6. The van der Waals surface area contributed by atoms with Gasteiger partial charge in [-0.25, -0.2) is 9.18 Å². The van der Waals surface area contributed by atoms with Crippen molar-refractivity contribution in [2.45, 2.75) is 13.0 Å². The number of hydrogen-bond donors (Lipinski definition) is 1. The highest BCUT2D eigenvalue weighted by molar-refractivity contribution is 7.20. The van der Waals surface area contributed by atoms with Crippen LogP contribution < -0.4 is 14.8 Å². The minimum absolute atomic E-state index is 0.235. The predicted molar refractivity (Wildman–Crippen MR) is 103 cm³/mol. The van der Waals surface area contributed by atoms with E-state index in [1.54, 1.807) is 30.3 Å². The molecule has 8 heteroatoms. The van der Waals surface area contributed by atoms with E-state index in [2.05, 4.69) is 5.32 Å². The van der Waals surface area contributed by atoms with Crippen LogP contribution in [-0.2, 0) is 9.53 Å². The summed E-state index contributed by atoms with van der Waals surface area (Å²) in [4.78, 5) is 24.9. The first kappa shape index (κ1) is 18.2. The number of amides is 1. The monoisotopic (exact) mass is 401 g/mol. The van der Waals surface area contributed by atoms with E-state index < -0.39 is 23.8 Å². The minimum Gasteiger partial charge on any atom is -0.486 e. The summed E-state index contributed by atoms with van der Waals surface area (Å²) in [5, 5.41) is 3.03. The molecule has 0 saturated carbocycles.